The van der Waals surface area contributed by atoms with Crippen molar-refractivity contribution in [1.82, 2.24) is 0 Å². The summed E-state index contributed by atoms with van der Waals surface area (Å²) in [5.74, 6) is -0.150. The molecule has 1 fully saturated rings. The van der Waals surface area contributed by atoms with E-state index in [1.165, 1.54) is 5.56 Å². The highest BCUT2D eigenvalue weighted by molar-refractivity contribution is 5.88. The van der Waals surface area contributed by atoms with Crippen LogP contribution in [0.3, 0.4) is 0 Å². The van der Waals surface area contributed by atoms with Crippen LogP contribution in [0.15, 0.2) is 48.6 Å². The highest BCUT2D eigenvalue weighted by Gasteiger charge is 2.25. The molecule has 1 unspecified atom stereocenters. The van der Waals surface area contributed by atoms with E-state index in [0.29, 0.717) is 6.61 Å². The maximum absolute atomic E-state index is 11.2. The van der Waals surface area contributed by atoms with Crippen LogP contribution >= 0.6 is 0 Å². The monoisotopic (exact) mass is 272 g/mol. The molecule has 2 aliphatic rings. The fourth-order valence-corrected chi connectivity index (χ4v) is 1.87. The van der Waals surface area contributed by atoms with Gasteiger partial charge in [0.2, 0.25) is 0 Å². The first-order valence-corrected chi connectivity index (χ1v) is 6.95. The third kappa shape index (κ3) is 5.02. The number of carbonyl (C=O) groups is 1. The summed E-state index contributed by atoms with van der Waals surface area (Å²) in [5, 5.41) is 0. The molecule has 1 atom stereocenters. The standard InChI is InChI=1S/C9H12O3.C8H8/c10-9(7-3-1-2-4-7)12-6-8-5-11-8;1-2-8-6-4-3-5-7-8/h3,8H,1-2,4-6H2;2-7H,1H2. The molecular formula is C17H20O3. The van der Waals surface area contributed by atoms with Crippen molar-refractivity contribution in [3.05, 3.63) is 54.1 Å². The Kier molecular flexibility index (Phi) is 5.56. The van der Waals surface area contributed by atoms with Gasteiger partial charge in [0.1, 0.15) is 12.7 Å². The van der Waals surface area contributed by atoms with Crippen LogP contribution in [0, 0.1) is 0 Å². The summed E-state index contributed by atoms with van der Waals surface area (Å²) in [6, 6.07) is 10.0. The molecule has 0 aromatic heterocycles. The van der Waals surface area contributed by atoms with Crippen LogP contribution in [0.4, 0.5) is 0 Å². The minimum atomic E-state index is -0.150. The van der Waals surface area contributed by atoms with Crippen molar-refractivity contribution in [2.45, 2.75) is 25.4 Å². The van der Waals surface area contributed by atoms with E-state index in [9.17, 15) is 4.79 Å². The van der Waals surface area contributed by atoms with E-state index in [1.54, 1.807) is 0 Å². The van der Waals surface area contributed by atoms with Crippen molar-refractivity contribution in [3.8, 4) is 0 Å². The van der Waals surface area contributed by atoms with Crippen LogP contribution in [0.2, 0.25) is 0 Å². The van der Waals surface area contributed by atoms with Gasteiger partial charge in [-0.15, -0.1) is 0 Å². The maximum Gasteiger partial charge on any atom is 0.333 e. The molecule has 106 valence electrons. The number of carbonyl (C=O) groups excluding carboxylic acids is 1. The zero-order valence-electron chi connectivity index (χ0n) is 11.6. The van der Waals surface area contributed by atoms with E-state index < -0.39 is 0 Å². The summed E-state index contributed by atoms with van der Waals surface area (Å²) in [7, 11) is 0. The van der Waals surface area contributed by atoms with Crippen molar-refractivity contribution in [3.63, 3.8) is 0 Å². The van der Waals surface area contributed by atoms with Gasteiger partial charge >= 0.3 is 5.97 Å². The predicted octanol–water partition coefficient (Wildman–Crippen LogP) is 3.37. The van der Waals surface area contributed by atoms with E-state index in [1.807, 2.05) is 42.5 Å². The Hall–Kier alpha value is -1.87. The number of rotatable bonds is 4. The molecule has 0 N–H and O–H groups in total. The van der Waals surface area contributed by atoms with Crippen LogP contribution in [0.1, 0.15) is 24.8 Å². The van der Waals surface area contributed by atoms with E-state index in [0.717, 1.165) is 31.4 Å². The SMILES string of the molecule is C=Cc1ccccc1.O=C(OCC1CO1)C1=CCCC1. The largest absolute Gasteiger partial charge is 0.459 e. The average Bonchev–Trinajstić information content (AvgIpc) is 3.17. The van der Waals surface area contributed by atoms with Crippen LogP contribution < -0.4 is 0 Å². The lowest BCUT2D eigenvalue weighted by molar-refractivity contribution is -0.139. The average molecular weight is 272 g/mol. The summed E-state index contributed by atoms with van der Waals surface area (Å²) in [6.45, 7) is 4.80. The zero-order chi connectivity index (χ0) is 14.2. The van der Waals surface area contributed by atoms with Crippen molar-refractivity contribution in [1.29, 1.82) is 0 Å². The first kappa shape index (κ1) is 14.5. The molecule has 1 aliphatic carbocycles. The van der Waals surface area contributed by atoms with Gasteiger partial charge in [-0.2, -0.15) is 0 Å². The maximum atomic E-state index is 11.2. The normalized spacial score (nSPS) is 19.4. The number of hydrogen-bond acceptors (Lipinski definition) is 3. The number of epoxide rings is 1. The Morgan fingerprint density at radius 1 is 1.40 bits per heavy atom. The topological polar surface area (TPSA) is 38.8 Å². The Morgan fingerprint density at radius 3 is 2.65 bits per heavy atom. The molecule has 3 nitrogen and oxygen atoms in total. The smallest absolute Gasteiger partial charge is 0.333 e. The molecule has 0 radical (unpaired) electrons. The molecule has 1 heterocycles. The summed E-state index contributed by atoms with van der Waals surface area (Å²) in [6.07, 6.45) is 6.96. The zero-order valence-corrected chi connectivity index (χ0v) is 11.6. The molecule has 3 heteroatoms. The summed E-state index contributed by atoms with van der Waals surface area (Å²) >= 11 is 0. The van der Waals surface area contributed by atoms with E-state index >= 15 is 0 Å². The van der Waals surface area contributed by atoms with Crippen molar-refractivity contribution >= 4 is 12.0 Å². The molecule has 1 aromatic rings. The van der Waals surface area contributed by atoms with Gasteiger partial charge in [0.05, 0.1) is 6.61 Å². The van der Waals surface area contributed by atoms with Crippen molar-refractivity contribution in [2.24, 2.45) is 0 Å². The second-order valence-electron chi connectivity index (χ2n) is 4.79. The van der Waals surface area contributed by atoms with Gasteiger partial charge in [0.25, 0.3) is 0 Å². The van der Waals surface area contributed by atoms with Crippen molar-refractivity contribution < 1.29 is 14.3 Å². The Bertz CT molecular complexity index is 472. The molecule has 1 saturated heterocycles. The second kappa shape index (κ2) is 7.65. The third-order valence-electron chi connectivity index (χ3n) is 3.14. The summed E-state index contributed by atoms with van der Waals surface area (Å²) in [5.41, 5.74) is 2.02. The first-order valence-electron chi connectivity index (χ1n) is 6.95. The highest BCUT2D eigenvalue weighted by Crippen LogP contribution is 2.19. The number of ether oxygens (including phenoxy) is 2. The molecule has 0 spiro atoms. The minimum absolute atomic E-state index is 0.150. The lowest BCUT2D eigenvalue weighted by Crippen LogP contribution is -2.10. The van der Waals surface area contributed by atoms with Gasteiger partial charge in [-0.1, -0.05) is 49.1 Å². The van der Waals surface area contributed by atoms with Crippen LogP contribution in [-0.2, 0) is 14.3 Å². The van der Waals surface area contributed by atoms with Crippen molar-refractivity contribution in [2.75, 3.05) is 13.2 Å². The predicted molar refractivity (Wildman–Crippen MR) is 79.2 cm³/mol. The fraction of sp³-hybridized carbons (Fsp3) is 0.353. The molecule has 1 aromatic carbocycles. The van der Waals surface area contributed by atoms with Gasteiger partial charge < -0.3 is 9.47 Å². The number of hydrogen-bond donors (Lipinski definition) is 0. The van der Waals surface area contributed by atoms with E-state index in [4.69, 9.17) is 9.47 Å². The molecule has 0 amide bonds. The van der Waals surface area contributed by atoms with Gasteiger partial charge in [0.15, 0.2) is 0 Å². The molecule has 20 heavy (non-hydrogen) atoms. The highest BCUT2D eigenvalue weighted by atomic mass is 16.6. The molecule has 0 bridgehead atoms. The number of benzene rings is 1. The third-order valence-corrected chi connectivity index (χ3v) is 3.14. The lowest BCUT2D eigenvalue weighted by Gasteiger charge is -2.01. The number of allylic oxidation sites excluding steroid dienone is 1. The van der Waals surface area contributed by atoms with Crippen LogP contribution in [0.25, 0.3) is 6.08 Å². The van der Waals surface area contributed by atoms with Gasteiger partial charge in [0, 0.05) is 5.57 Å². The quantitative estimate of drug-likeness (QED) is 0.623. The minimum Gasteiger partial charge on any atom is -0.459 e. The van der Waals surface area contributed by atoms with E-state index in [-0.39, 0.29) is 12.1 Å². The molecule has 3 rings (SSSR count). The Labute approximate surface area is 119 Å². The first-order chi connectivity index (χ1) is 9.79. The van der Waals surface area contributed by atoms with Gasteiger partial charge in [-0.3, -0.25) is 0 Å². The molecule has 0 saturated carbocycles. The molecule has 1 aliphatic heterocycles. The molecular weight excluding hydrogens is 252 g/mol. The summed E-state index contributed by atoms with van der Waals surface area (Å²) < 4.78 is 9.94. The number of esters is 1. The fourth-order valence-electron chi connectivity index (χ4n) is 1.87. The second-order valence-corrected chi connectivity index (χ2v) is 4.79. The lowest BCUT2D eigenvalue weighted by atomic mass is 10.2. The summed E-state index contributed by atoms with van der Waals surface area (Å²) in [4.78, 5) is 11.2. The van der Waals surface area contributed by atoms with Crippen LogP contribution in [0.5, 0.6) is 0 Å². The van der Waals surface area contributed by atoms with Gasteiger partial charge in [-0.25, -0.2) is 4.79 Å². The Balaban J connectivity index is 0.000000160. The van der Waals surface area contributed by atoms with Crippen LogP contribution in [-0.4, -0.2) is 25.3 Å². The van der Waals surface area contributed by atoms with Gasteiger partial charge in [-0.05, 0) is 24.8 Å². The Morgan fingerprint density at radius 2 is 2.15 bits per heavy atom. The van der Waals surface area contributed by atoms with E-state index in [2.05, 4.69) is 6.58 Å².